The van der Waals surface area contributed by atoms with Crippen molar-refractivity contribution in [1.82, 2.24) is 4.98 Å². The van der Waals surface area contributed by atoms with Crippen LogP contribution in [0.25, 0.3) is 0 Å². The van der Waals surface area contributed by atoms with Gasteiger partial charge >= 0.3 is 0 Å². The summed E-state index contributed by atoms with van der Waals surface area (Å²) < 4.78 is 0. The molecule has 2 nitrogen and oxygen atoms in total. The Kier molecular flexibility index (Phi) is 2.40. The molecular weight excluding hydrogens is 126 g/mol. The molecule has 1 rings (SSSR count). The Hall–Kier alpha value is -0.890. The van der Waals surface area contributed by atoms with E-state index in [2.05, 4.69) is 4.98 Å². The first-order chi connectivity index (χ1) is 4.86. The maximum Gasteiger partial charge on any atom is 0.109 e. The number of nitrogens with zero attached hydrogens (tertiary/aromatic N) is 1. The van der Waals surface area contributed by atoms with Gasteiger partial charge in [0.1, 0.15) is 6.61 Å². The Morgan fingerprint density at radius 2 is 2.10 bits per heavy atom. The van der Waals surface area contributed by atoms with Gasteiger partial charge in [-0.3, -0.25) is 4.98 Å². The van der Waals surface area contributed by atoms with Gasteiger partial charge in [-0.2, -0.15) is 0 Å². The van der Waals surface area contributed by atoms with E-state index in [9.17, 15) is 5.11 Å². The van der Waals surface area contributed by atoms with Gasteiger partial charge in [0.2, 0.25) is 0 Å². The molecule has 1 aromatic rings. The largest absolute Gasteiger partial charge is 0.264 e. The average molecular weight is 136 g/mol. The van der Waals surface area contributed by atoms with Gasteiger partial charge in [0.15, 0.2) is 0 Å². The Bertz CT molecular complexity index is 191. The predicted molar refractivity (Wildman–Crippen MR) is 38.0 cm³/mol. The number of hydrogen-bond acceptors (Lipinski definition) is 1. The zero-order chi connectivity index (χ0) is 7.40. The summed E-state index contributed by atoms with van der Waals surface area (Å²) in [5.41, 5.74) is 1.91. The van der Waals surface area contributed by atoms with Crippen molar-refractivity contribution < 1.29 is 5.11 Å². The van der Waals surface area contributed by atoms with E-state index in [1.165, 1.54) is 0 Å². The molecule has 1 heterocycles. The summed E-state index contributed by atoms with van der Waals surface area (Å²) in [6.45, 7) is 1.88. The zero-order valence-electron chi connectivity index (χ0n) is 6.00. The molecule has 0 N–H and O–H groups in total. The second kappa shape index (κ2) is 3.32. The fourth-order valence-corrected chi connectivity index (χ4v) is 0.814. The molecule has 10 heavy (non-hydrogen) atoms. The van der Waals surface area contributed by atoms with Crippen LogP contribution in [0, 0.1) is 0 Å². The highest BCUT2D eigenvalue weighted by Gasteiger charge is 1.92. The third-order valence-corrected chi connectivity index (χ3v) is 1.43. The van der Waals surface area contributed by atoms with Crippen molar-refractivity contribution in [3.63, 3.8) is 0 Å². The third kappa shape index (κ3) is 1.54. The van der Waals surface area contributed by atoms with Crippen molar-refractivity contribution in [1.29, 1.82) is 0 Å². The van der Waals surface area contributed by atoms with Gasteiger partial charge in [-0.1, -0.05) is 13.0 Å². The lowest BCUT2D eigenvalue weighted by molar-refractivity contribution is 0.177. The van der Waals surface area contributed by atoms with Gasteiger partial charge < -0.3 is 0 Å². The zero-order valence-corrected chi connectivity index (χ0v) is 6.00. The van der Waals surface area contributed by atoms with Crippen LogP contribution in [0.1, 0.15) is 18.1 Å². The van der Waals surface area contributed by atoms with Crippen LogP contribution < -0.4 is 0 Å². The number of hydrogen-bond donors (Lipinski definition) is 0. The summed E-state index contributed by atoms with van der Waals surface area (Å²) in [5.74, 6) is 0. The van der Waals surface area contributed by atoms with E-state index < -0.39 is 0 Å². The van der Waals surface area contributed by atoms with Gasteiger partial charge in [0, 0.05) is 12.4 Å². The van der Waals surface area contributed by atoms with E-state index in [-0.39, 0.29) is 6.61 Å². The first-order valence-electron chi connectivity index (χ1n) is 3.37. The van der Waals surface area contributed by atoms with Crippen LogP contribution in [0.3, 0.4) is 0 Å². The summed E-state index contributed by atoms with van der Waals surface area (Å²) in [5, 5.41) is 10.4. The summed E-state index contributed by atoms with van der Waals surface area (Å²) >= 11 is 0. The van der Waals surface area contributed by atoms with Crippen molar-refractivity contribution in [2.75, 3.05) is 0 Å². The SMILES string of the molecule is CCc1cncc(C[O])c1. The minimum atomic E-state index is -0.166. The Balaban J connectivity index is 2.87. The summed E-state index contributed by atoms with van der Waals surface area (Å²) in [6.07, 6.45) is 4.35. The lowest BCUT2D eigenvalue weighted by Crippen LogP contribution is -1.87. The van der Waals surface area contributed by atoms with Gasteiger partial charge in [-0.25, -0.2) is 5.11 Å². The molecule has 1 aromatic heterocycles. The molecule has 0 spiro atoms. The van der Waals surface area contributed by atoms with Crippen molar-refractivity contribution in [3.05, 3.63) is 29.6 Å². The molecule has 0 saturated heterocycles. The topological polar surface area (TPSA) is 32.8 Å². The molecule has 0 aliphatic heterocycles. The molecule has 0 atom stereocenters. The van der Waals surface area contributed by atoms with E-state index in [4.69, 9.17) is 0 Å². The Morgan fingerprint density at radius 1 is 1.40 bits per heavy atom. The van der Waals surface area contributed by atoms with E-state index >= 15 is 0 Å². The molecule has 0 aromatic carbocycles. The van der Waals surface area contributed by atoms with Crippen LogP contribution in [0.5, 0.6) is 0 Å². The molecule has 0 amide bonds. The van der Waals surface area contributed by atoms with Crippen LogP contribution >= 0.6 is 0 Å². The van der Waals surface area contributed by atoms with Gasteiger partial charge in [-0.15, -0.1) is 0 Å². The fraction of sp³-hybridized carbons (Fsp3) is 0.375. The predicted octanol–water partition coefficient (Wildman–Crippen LogP) is 1.57. The minimum absolute atomic E-state index is 0.166. The van der Waals surface area contributed by atoms with Crippen LogP contribution in [0.2, 0.25) is 0 Å². The van der Waals surface area contributed by atoms with E-state index in [1.54, 1.807) is 12.4 Å². The fourth-order valence-electron chi connectivity index (χ4n) is 0.814. The number of aromatic nitrogens is 1. The average Bonchev–Trinajstić information content (AvgIpc) is 2.05. The first kappa shape index (κ1) is 7.22. The second-order valence-corrected chi connectivity index (χ2v) is 2.20. The first-order valence-corrected chi connectivity index (χ1v) is 3.37. The van der Waals surface area contributed by atoms with Crippen LogP contribution in [-0.2, 0) is 18.1 Å². The normalized spacial score (nSPS) is 9.80. The highest BCUT2D eigenvalue weighted by molar-refractivity contribution is 5.16. The molecule has 0 bridgehead atoms. The quantitative estimate of drug-likeness (QED) is 0.607. The number of rotatable bonds is 2. The summed E-state index contributed by atoms with van der Waals surface area (Å²) in [4.78, 5) is 3.93. The van der Waals surface area contributed by atoms with E-state index in [1.807, 2.05) is 13.0 Å². The lowest BCUT2D eigenvalue weighted by Gasteiger charge is -1.96. The third-order valence-electron chi connectivity index (χ3n) is 1.43. The molecule has 0 unspecified atom stereocenters. The molecule has 53 valence electrons. The lowest BCUT2D eigenvalue weighted by atomic mass is 10.2. The van der Waals surface area contributed by atoms with E-state index in [0.29, 0.717) is 0 Å². The highest BCUT2D eigenvalue weighted by Crippen LogP contribution is 2.02. The number of pyridine rings is 1. The molecule has 0 aliphatic rings. The monoisotopic (exact) mass is 136 g/mol. The minimum Gasteiger partial charge on any atom is -0.264 e. The molecule has 0 aliphatic carbocycles. The standard InChI is InChI=1S/C8H10NO/c1-2-7-3-8(6-10)5-9-4-7/h3-5H,2,6H2,1H3. The van der Waals surface area contributed by atoms with Crippen LogP contribution in [-0.4, -0.2) is 4.98 Å². The molecular formula is C8H10NO. The van der Waals surface area contributed by atoms with E-state index in [0.717, 1.165) is 17.5 Å². The Labute approximate surface area is 60.5 Å². The second-order valence-electron chi connectivity index (χ2n) is 2.20. The highest BCUT2D eigenvalue weighted by atomic mass is 16.3. The van der Waals surface area contributed by atoms with Crippen molar-refractivity contribution in [2.24, 2.45) is 0 Å². The smallest absolute Gasteiger partial charge is 0.109 e. The molecule has 0 saturated carbocycles. The summed E-state index contributed by atoms with van der Waals surface area (Å²) in [6, 6.07) is 1.90. The maximum atomic E-state index is 10.4. The summed E-state index contributed by atoms with van der Waals surface area (Å²) in [7, 11) is 0. The number of aryl methyl sites for hydroxylation is 1. The molecule has 0 fully saturated rings. The van der Waals surface area contributed by atoms with Gasteiger partial charge in [0.25, 0.3) is 0 Å². The maximum absolute atomic E-state index is 10.4. The van der Waals surface area contributed by atoms with Gasteiger partial charge in [0.05, 0.1) is 0 Å². The molecule has 1 radical (unpaired) electrons. The molecule has 2 heteroatoms. The van der Waals surface area contributed by atoms with Crippen molar-refractivity contribution in [2.45, 2.75) is 20.0 Å². The van der Waals surface area contributed by atoms with Crippen molar-refractivity contribution in [3.8, 4) is 0 Å². The van der Waals surface area contributed by atoms with Gasteiger partial charge in [-0.05, 0) is 17.5 Å². The van der Waals surface area contributed by atoms with Crippen LogP contribution in [0.4, 0.5) is 0 Å². The van der Waals surface area contributed by atoms with Crippen molar-refractivity contribution >= 4 is 0 Å². The van der Waals surface area contributed by atoms with Crippen LogP contribution in [0.15, 0.2) is 18.5 Å². The Morgan fingerprint density at radius 3 is 2.70 bits per heavy atom.